The fraction of sp³-hybridized carbons (Fsp3) is 0.176. The van der Waals surface area contributed by atoms with Gasteiger partial charge in [0.15, 0.2) is 0 Å². The van der Waals surface area contributed by atoms with Crippen LogP contribution < -0.4 is 11.1 Å². The number of halogens is 3. The summed E-state index contributed by atoms with van der Waals surface area (Å²) in [6.45, 7) is 0. The lowest BCUT2D eigenvalue weighted by Crippen LogP contribution is -2.46. The van der Waals surface area contributed by atoms with Crippen molar-refractivity contribution in [2.75, 3.05) is 0 Å². The average molecular weight is 444 g/mol. The van der Waals surface area contributed by atoms with Crippen LogP contribution in [0.1, 0.15) is 11.1 Å². The summed E-state index contributed by atoms with van der Waals surface area (Å²) in [5, 5.41) is 2.50. The molecule has 0 saturated carbocycles. The van der Waals surface area contributed by atoms with Crippen LogP contribution in [0.4, 0.5) is 8.78 Å². The van der Waals surface area contributed by atoms with Crippen LogP contribution >= 0.6 is 22.6 Å². The highest BCUT2D eigenvalue weighted by molar-refractivity contribution is 14.1. The van der Waals surface area contributed by atoms with Crippen molar-refractivity contribution in [2.24, 2.45) is 5.73 Å². The number of benzene rings is 2. The molecule has 0 aromatic heterocycles. The Morgan fingerprint density at radius 2 is 1.92 bits per heavy atom. The van der Waals surface area contributed by atoms with Gasteiger partial charge >= 0.3 is 0 Å². The summed E-state index contributed by atoms with van der Waals surface area (Å²) in [6, 6.07) is 9.52. The minimum Gasteiger partial charge on any atom is -0.368 e. The number of primary amides is 1. The first-order valence-corrected chi connectivity index (χ1v) is 8.20. The molecule has 0 spiro atoms. The standard InChI is InChI=1S/C17H15F2IN2O2/c18-12-5-4-11(14(19)9-12)8-16(23)22-15(17(21)24)7-10-2-1-3-13(20)6-10/h1-6,9,15H,7-8H2,(H2,21,24)(H,22,23)/t15-/m0/s1. The van der Waals surface area contributed by atoms with Gasteiger partial charge < -0.3 is 11.1 Å². The van der Waals surface area contributed by atoms with Crippen LogP contribution in [-0.4, -0.2) is 17.9 Å². The molecule has 0 fully saturated rings. The highest BCUT2D eigenvalue weighted by atomic mass is 127. The van der Waals surface area contributed by atoms with Crippen LogP contribution in [0.15, 0.2) is 42.5 Å². The zero-order valence-corrected chi connectivity index (χ0v) is 14.7. The third kappa shape index (κ3) is 5.26. The lowest BCUT2D eigenvalue weighted by atomic mass is 10.0. The lowest BCUT2D eigenvalue weighted by molar-refractivity contribution is -0.127. The molecule has 2 amide bonds. The van der Waals surface area contributed by atoms with Crippen molar-refractivity contribution in [3.63, 3.8) is 0 Å². The van der Waals surface area contributed by atoms with Gasteiger partial charge in [0, 0.05) is 16.1 Å². The van der Waals surface area contributed by atoms with Gasteiger partial charge in [-0.05, 0) is 51.9 Å². The minimum absolute atomic E-state index is 0.0476. The first-order chi connectivity index (χ1) is 11.3. The summed E-state index contributed by atoms with van der Waals surface area (Å²) in [5.74, 6) is -2.76. The maximum Gasteiger partial charge on any atom is 0.240 e. The first kappa shape index (κ1) is 18.3. The predicted octanol–water partition coefficient (Wildman–Crippen LogP) is 2.32. The van der Waals surface area contributed by atoms with E-state index in [1.165, 1.54) is 6.07 Å². The van der Waals surface area contributed by atoms with Gasteiger partial charge in [0.1, 0.15) is 17.7 Å². The Kier molecular flexibility index (Phi) is 6.24. The van der Waals surface area contributed by atoms with Crippen LogP contribution in [0.25, 0.3) is 0 Å². The van der Waals surface area contributed by atoms with Crippen molar-refractivity contribution >= 4 is 34.4 Å². The summed E-state index contributed by atoms with van der Waals surface area (Å²) in [4.78, 5) is 23.6. The second kappa shape index (κ2) is 8.18. The van der Waals surface area contributed by atoms with Crippen molar-refractivity contribution < 1.29 is 18.4 Å². The van der Waals surface area contributed by atoms with E-state index in [1.54, 1.807) is 0 Å². The van der Waals surface area contributed by atoms with Gasteiger partial charge in [0.05, 0.1) is 6.42 Å². The number of hydrogen-bond acceptors (Lipinski definition) is 2. The van der Waals surface area contributed by atoms with E-state index in [4.69, 9.17) is 5.73 Å². The average Bonchev–Trinajstić information content (AvgIpc) is 2.49. The molecule has 3 N–H and O–H groups in total. The summed E-state index contributed by atoms with van der Waals surface area (Å²) in [7, 11) is 0. The van der Waals surface area contributed by atoms with E-state index in [2.05, 4.69) is 27.9 Å². The molecular weight excluding hydrogens is 429 g/mol. The zero-order chi connectivity index (χ0) is 17.7. The summed E-state index contributed by atoms with van der Waals surface area (Å²) >= 11 is 2.14. The number of rotatable bonds is 6. The number of nitrogens with one attached hydrogen (secondary N) is 1. The molecule has 0 heterocycles. The fourth-order valence-electron chi connectivity index (χ4n) is 2.21. The molecule has 0 aliphatic heterocycles. The van der Waals surface area contributed by atoms with Gasteiger partial charge in [0.25, 0.3) is 0 Å². The van der Waals surface area contributed by atoms with Gasteiger partial charge in [-0.1, -0.05) is 18.2 Å². The molecular formula is C17H15F2IN2O2. The predicted molar refractivity (Wildman–Crippen MR) is 94.1 cm³/mol. The summed E-state index contributed by atoms with van der Waals surface area (Å²) in [5.41, 5.74) is 6.23. The van der Waals surface area contributed by atoms with E-state index in [0.717, 1.165) is 15.2 Å². The minimum atomic E-state index is -0.904. The molecule has 4 nitrogen and oxygen atoms in total. The Labute approximate surface area is 151 Å². The molecule has 2 aromatic rings. The molecule has 0 aliphatic carbocycles. The smallest absolute Gasteiger partial charge is 0.240 e. The van der Waals surface area contributed by atoms with Crippen molar-refractivity contribution in [2.45, 2.75) is 18.9 Å². The molecule has 2 aromatic carbocycles. The maximum absolute atomic E-state index is 13.6. The highest BCUT2D eigenvalue weighted by Crippen LogP contribution is 2.12. The van der Waals surface area contributed by atoms with Crippen molar-refractivity contribution in [3.05, 3.63) is 68.8 Å². The molecule has 0 radical (unpaired) electrons. The molecule has 0 aliphatic rings. The topological polar surface area (TPSA) is 72.2 Å². The van der Waals surface area contributed by atoms with E-state index >= 15 is 0 Å². The van der Waals surface area contributed by atoms with Crippen LogP contribution in [-0.2, 0) is 22.4 Å². The number of carbonyl (C=O) groups is 2. The number of nitrogens with two attached hydrogens (primary N) is 1. The van der Waals surface area contributed by atoms with Gasteiger partial charge in [-0.25, -0.2) is 8.78 Å². The zero-order valence-electron chi connectivity index (χ0n) is 12.6. The molecule has 0 bridgehead atoms. The van der Waals surface area contributed by atoms with Gasteiger partial charge in [0.2, 0.25) is 11.8 Å². The quantitative estimate of drug-likeness (QED) is 0.672. The van der Waals surface area contributed by atoms with E-state index < -0.39 is 29.5 Å². The molecule has 7 heteroatoms. The Bertz CT molecular complexity index is 768. The van der Waals surface area contributed by atoms with E-state index in [9.17, 15) is 18.4 Å². The monoisotopic (exact) mass is 444 g/mol. The van der Waals surface area contributed by atoms with E-state index in [1.807, 2.05) is 24.3 Å². The normalized spacial score (nSPS) is 11.8. The molecule has 2 rings (SSSR count). The third-order valence-corrected chi connectivity index (χ3v) is 4.04. The van der Waals surface area contributed by atoms with Crippen molar-refractivity contribution in [1.29, 1.82) is 0 Å². The highest BCUT2D eigenvalue weighted by Gasteiger charge is 2.19. The van der Waals surface area contributed by atoms with Crippen LogP contribution in [0.2, 0.25) is 0 Å². The number of hydrogen-bond donors (Lipinski definition) is 2. The number of amides is 2. The van der Waals surface area contributed by atoms with Crippen LogP contribution in [0, 0.1) is 15.2 Å². The van der Waals surface area contributed by atoms with Crippen molar-refractivity contribution in [3.8, 4) is 0 Å². The molecule has 0 saturated heterocycles. The Hall–Kier alpha value is -2.03. The second-order valence-corrected chi connectivity index (χ2v) is 6.51. The molecule has 24 heavy (non-hydrogen) atoms. The van der Waals surface area contributed by atoms with Crippen LogP contribution in [0.5, 0.6) is 0 Å². The van der Waals surface area contributed by atoms with E-state index in [0.29, 0.717) is 6.07 Å². The molecule has 0 unspecified atom stereocenters. The fourth-order valence-corrected chi connectivity index (χ4v) is 2.81. The Morgan fingerprint density at radius 1 is 1.17 bits per heavy atom. The van der Waals surface area contributed by atoms with Gasteiger partial charge in [-0.15, -0.1) is 0 Å². The third-order valence-electron chi connectivity index (χ3n) is 3.37. The lowest BCUT2D eigenvalue weighted by Gasteiger charge is -2.16. The summed E-state index contributed by atoms with van der Waals surface area (Å²) < 4.78 is 27.5. The Balaban J connectivity index is 2.04. The van der Waals surface area contributed by atoms with Crippen molar-refractivity contribution in [1.82, 2.24) is 5.32 Å². The van der Waals surface area contributed by atoms with Gasteiger partial charge in [-0.3, -0.25) is 9.59 Å². The molecule has 1 atom stereocenters. The Morgan fingerprint density at radius 3 is 2.54 bits per heavy atom. The van der Waals surface area contributed by atoms with E-state index in [-0.39, 0.29) is 18.4 Å². The van der Waals surface area contributed by atoms with Crippen LogP contribution in [0.3, 0.4) is 0 Å². The first-order valence-electron chi connectivity index (χ1n) is 7.12. The SMILES string of the molecule is NC(=O)[C@H](Cc1cccc(I)c1)NC(=O)Cc1ccc(F)cc1F. The maximum atomic E-state index is 13.6. The largest absolute Gasteiger partial charge is 0.368 e. The van der Waals surface area contributed by atoms with Gasteiger partial charge in [-0.2, -0.15) is 0 Å². The number of carbonyl (C=O) groups excluding carboxylic acids is 2. The summed E-state index contributed by atoms with van der Waals surface area (Å²) in [6.07, 6.45) is -0.0635. The second-order valence-electron chi connectivity index (χ2n) is 5.27. The molecule has 126 valence electrons.